The Morgan fingerprint density at radius 2 is 1.06 bits per heavy atom. The molecule has 4 nitrogen and oxygen atoms in total. The number of hydrogen-bond donors (Lipinski definition) is 2. The summed E-state index contributed by atoms with van der Waals surface area (Å²) in [6, 6.07) is 22.1. The number of halogens is 3. The van der Waals surface area contributed by atoms with Gasteiger partial charge < -0.3 is 20.1 Å². The highest BCUT2D eigenvalue weighted by Gasteiger charge is 2.07. The second-order valence-electron chi connectivity index (χ2n) is 9.00. The quantitative estimate of drug-likeness (QED) is 0.191. The fraction of sp³-hybridized carbons (Fsp3) is 0.357. The van der Waals surface area contributed by atoms with Crippen LogP contribution in [0.4, 0.5) is 0 Å². The van der Waals surface area contributed by atoms with Crippen LogP contribution in [0.1, 0.15) is 49.9 Å². The van der Waals surface area contributed by atoms with Crippen molar-refractivity contribution in [2.24, 2.45) is 0 Å². The first kappa shape index (κ1) is 30.2. The summed E-state index contributed by atoms with van der Waals surface area (Å²) >= 11 is 4.70. The van der Waals surface area contributed by atoms with Crippen LogP contribution in [-0.2, 0) is 26.3 Å². The molecular weight excluding hydrogens is 686 g/mol. The minimum absolute atomic E-state index is 0. The average molecular weight is 721 g/mol. The van der Waals surface area contributed by atoms with E-state index in [9.17, 15) is 0 Å². The SMILES string of the molecule is CC(C)NCc1ccc(OCc2cccc(COc3ccc(CNC(C)C)cc3I)c2)c(I)c1.Cl. The topological polar surface area (TPSA) is 42.5 Å². The minimum Gasteiger partial charge on any atom is -0.488 e. The molecule has 0 aliphatic heterocycles. The van der Waals surface area contributed by atoms with E-state index in [0.29, 0.717) is 25.3 Å². The van der Waals surface area contributed by atoms with Gasteiger partial charge in [-0.2, -0.15) is 0 Å². The van der Waals surface area contributed by atoms with E-state index >= 15 is 0 Å². The lowest BCUT2D eigenvalue weighted by Gasteiger charge is -2.13. The van der Waals surface area contributed by atoms with Gasteiger partial charge in [0, 0.05) is 25.2 Å². The van der Waals surface area contributed by atoms with Gasteiger partial charge in [-0.25, -0.2) is 0 Å². The summed E-state index contributed by atoms with van der Waals surface area (Å²) in [4.78, 5) is 0. The molecule has 3 aromatic carbocycles. The Hall–Kier alpha value is -1.07. The van der Waals surface area contributed by atoms with Crippen LogP contribution in [0, 0.1) is 7.14 Å². The zero-order chi connectivity index (χ0) is 24.5. The molecule has 190 valence electrons. The molecule has 3 rings (SSSR count). The minimum atomic E-state index is 0. The number of ether oxygens (including phenoxy) is 2. The normalized spacial score (nSPS) is 11.0. The fourth-order valence-electron chi connectivity index (χ4n) is 3.32. The number of benzene rings is 3. The van der Waals surface area contributed by atoms with Crippen molar-refractivity contribution in [3.8, 4) is 11.5 Å². The molecule has 2 N–H and O–H groups in total. The van der Waals surface area contributed by atoms with E-state index < -0.39 is 0 Å². The molecule has 0 unspecified atom stereocenters. The van der Waals surface area contributed by atoms with Crippen molar-refractivity contribution in [2.45, 2.75) is 66.1 Å². The molecule has 3 aromatic rings. The first-order valence-corrected chi connectivity index (χ1v) is 13.8. The van der Waals surface area contributed by atoms with Gasteiger partial charge >= 0.3 is 0 Å². The van der Waals surface area contributed by atoms with Gasteiger partial charge in [-0.3, -0.25) is 0 Å². The summed E-state index contributed by atoms with van der Waals surface area (Å²) in [6.07, 6.45) is 0. The molecule has 0 atom stereocenters. The molecular formula is C28H35ClI2N2O2. The van der Waals surface area contributed by atoms with Gasteiger partial charge in [-0.1, -0.05) is 58.0 Å². The molecule has 0 amide bonds. The van der Waals surface area contributed by atoms with E-state index in [1.165, 1.54) is 11.1 Å². The lowest BCUT2D eigenvalue weighted by atomic mass is 10.1. The summed E-state index contributed by atoms with van der Waals surface area (Å²) in [7, 11) is 0. The van der Waals surface area contributed by atoms with Crippen LogP contribution in [0.2, 0.25) is 0 Å². The maximum atomic E-state index is 6.12. The Morgan fingerprint density at radius 3 is 1.43 bits per heavy atom. The highest BCUT2D eigenvalue weighted by molar-refractivity contribution is 14.1. The van der Waals surface area contributed by atoms with Gasteiger partial charge in [0.15, 0.2) is 0 Å². The summed E-state index contributed by atoms with van der Waals surface area (Å²) in [5.74, 6) is 1.83. The van der Waals surface area contributed by atoms with Gasteiger partial charge in [0.1, 0.15) is 24.7 Å². The predicted molar refractivity (Wildman–Crippen MR) is 165 cm³/mol. The van der Waals surface area contributed by atoms with Gasteiger partial charge in [-0.15, -0.1) is 12.4 Å². The van der Waals surface area contributed by atoms with Gasteiger partial charge in [-0.05, 0) is 97.8 Å². The lowest BCUT2D eigenvalue weighted by Crippen LogP contribution is -2.21. The second kappa shape index (κ2) is 15.2. The zero-order valence-corrected chi connectivity index (χ0v) is 25.9. The third kappa shape index (κ3) is 10.4. The van der Waals surface area contributed by atoms with Crippen molar-refractivity contribution in [2.75, 3.05) is 0 Å². The number of hydrogen-bond acceptors (Lipinski definition) is 4. The van der Waals surface area contributed by atoms with Crippen LogP contribution in [0.25, 0.3) is 0 Å². The Kier molecular flexibility index (Phi) is 13.1. The highest BCUT2D eigenvalue weighted by Crippen LogP contribution is 2.25. The first-order valence-electron chi connectivity index (χ1n) is 11.7. The Labute approximate surface area is 243 Å². The largest absolute Gasteiger partial charge is 0.488 e. The van der Waals surface area contributed by atoms with Crippen LogP contribution in [0.15, 0.2) is 60.7 Å². The molecule has 7 heteroatoms. The average Bonchev–Trinajstić information content (AvgIpc) is 2.80. The molecule has 0 saturated heterocycles. The van der Waals surface area contributed by atoms with Crippen molar-refractivity contribution in [1.29, 1.82) is 0 Å². The third-order valence-corrected chi connectivity index (χ3v) is 6.89. The molecule has 0 spiro atoms. The van der Waals surface area contributed by atoms with E-state index in [1.807, 2.05) is 0 Å². The molecule has 0 saturated carbocycles. The lowest BCUT2D eigenvalue weighted by molar-refractivity contribution is 0.297. The van der Waals surface area contributed by atoms with E-state index in [0.717, 1.165) is 42.9 Å². The van der Waals surface area contributed by atoms with E-state index in [-0.39, 0.29) is 12.4 Å². The monoisotopic (exact) mass is 720 g/mol. The van der Waals surface area contributed by atoms with Crippen molar-refractivity contribution >= 4 is 57.6 Å². The number of nitrogens with one attached hydrogen (secondary N) is 2. The Bertz CT molecular complexity index is 996. The van der Waals surface area contributed by atoms with Crippen LogP contribution >= 0.6 is 57.6 Å². The van der Waals surface area contributed by atoms with Crippen LogP contribution < -0.4 is 20.1 Å². The molecule has 0 radical (unpaired) electrons. The van der Waals surface area contributed by atoms with Crippen LogP contribution in [0.5, 0.6) is 11.5 Å². The number of rotatable bonds is 12. The second-order valence-corrected chi connectivity index (χ2v) is 11.3. The van der Waals surface area contributed by atoms with Gasteiger partial charge in [0.05, 0.1) is 7.14 Å². The third-order valence-electron chi connectivity index (χ3n) is 5.20. The van der Waals surface area contributed by atoms with Crippen molar-refractivity contribution < 1.29 is 9.47 Å². The van der Waals surface area contributed by atoms with Crippen molar-refractivity contribution in [3.05, 3.63) is 90.1 Å². The maximum absolute atomic E-state index is 6.12. The van der Waals surface area contributed by atoms with Crippen LogP contribution in [0.3, 0.4) is 0 Å². The van der Waals surface area contributed by atoms with E-state index in [2.05, 4.69) is 144 Å². The van der Waals surface area contributed by atoms with Crippen molar-refractivity contribution in [3.63, 3.8) is 0 Å². The molecule has 0 fully saturated rings. The smallest absolute Gasteiger partial charge is 0.133 e. The standard InChI is InChI=1S/C28H34I2N2O2.ClH/c1-19(2)31-15-21-8-10-27(25(29)13-21)33-17-23-6-5-7-24(12-23)18-34-28-11-9-22(14-26(28)30)16-32-20(3)4;/h5-14,19-20,31-32H,15-18H2,1-4H3;1H. The van der Waals surface area contributed by atoms with Crippen molar-refractivity contribution in [1.82, 2.24) is 10.6 Å². The Morgan fingerprint density at radius 1 is 0.629 bits per heavy atom. The van der Waals surface area contributed by atoms with Crippen LogP contribution in [-0.4, -0.2) is 12.1 Å². The maximum Gasteiger partial charge on any atom is 0.133 e. The zero-order valence-electron chi connectivity index (χ0n) is 20.7. The molecule has 0 heterocycles. The van der Waals surface area contributed by atoms with E-state index in [1.54, 1.807) is 0 Å². The molecule has 0 bridgehead atoms. The van der Waals surface area contributed by atoms with Gasteiger partial charge in [0.25, 0.3) is 0 Å². The summed E-state index contributed by atoms with van der Waals surface area (Å²) in [6.45, 7) is 11.4. The summed E-state index contributed by atoms with van der Waals surface area (Å²) < 4.78 is 14.5. The highest BCUT2D eigenvalue weighted by atomic mass is 127. The molecule has 35 heavy (non-hydrogen) atoms. The fourth-order valence-corrected chi connectivity index (χ4v) is 4.79. The van der Waals surface area contributed by atoms with Gasteiger partial charge in [0.2, 0.25) is 0 Å². The Balaban J connectivity index is 0.00000432. The molecule has 0 aromatic heterocycles. The summed E-state index contributed by atoms with van der Waals surface area (Å²) in [5.41, 5.74) is 4.80. The first-order chi connectivity index (χ1) is 16.3. The predicted octanol–water partition coefficient (Wildman–Crippen LogP) is 7.47. The summed E-state index contributed by atoms with van der Waals surface area (Å²) in [5, 5.41) is 6.91. The van der Waals surface area contributed by atoms with E-state index in [4.69, 9.17) is 9.47 Å². The molecule has 0 aliphatic carbocycles. The molecule has 0 aliphatic rings.